The van der Waals surface area contributed by atoms with Crippen LogP contribution in [0.1, 0.15) is 26.2 Å². The molecule has 0 spiro atoms. The second-order valence-corrected chi connectivity index (χ2v) is 6.16. The molecule has 1 heterocycles. The van der Waals surface area contributed by atoms with Gasteiger partial charge in [-0.2, -0.15) is 0 Å². The quantitative estimate of drug-likeness (QED) is 0.744. The third kappa shape index (κ3) is 5.85. The minimum atomic E-state index is 0.815. The number of nitrogens with one attached hydrogen (secondary N) is 1. The van der Waals surface area contributed by atoms with Crippen molar-refractivity contribution in [2.75, 3.05) is 50.7 Å². The average Bonchev–Trinajstić information content (AvgIpc) is 2.52. The van der Waals surface area contributed by atoms with Gasteiger partial charge < -0.3 is 10.2 Å². The molecular weight excluding hydrogens is 282 g/mol. The highest BCUT2D eigenvalue weighted by atomic mass is 35.5. The smallest absolute Gasteiger partial charge is 0.0407 e. The van der Waals surface area contributed by atoms with E-state index in [9.17, 15) is 0 Å². The molecule has 3 nitrogen and oxygen atoms in total. The van der Waals surface area contributed by atoms with Crippen molar-refractivity contribution in [2.24, 2.45) is 0 Å². The van der Waals surface area contributed by atoms with E-state index in [0.717, 1.165) is 24.7 Å². The summed E-state index contributed by atoms with van der Waals surface area (Å²) in [5.74, 6) is 0. The third-order valence-electron chi connectivity index (χ3n) is 4.14. The first-order valence-corrected chi connectivity index (χ1v) is 8.61. The van der Waals surface area contributed by atoms with Crippen LogP contribution in [-0.2, 0) is 0 Å². The van der Waals surface area contributed by atoms with E-state index >= 15 is 0 Å². The molecule has 0 aromatic heterocycles. The van der Waals surface area contributed by atoms with Crippen LogP contribution < -0.4 is 10.2 Å². The second kappa shape index (κ2) is 9.29. The molecule has 2 rings (SSSR count). The molecule has 0 amide bonds. The minimum absolute atomic E-state index is 0.815. The molecule has 1 aliphatic rings. The maximum absolute atomic E-state index is 5.95. The zero-order valence-electron chi connectivity index (χ0n) is 13.2. The number of hydrogen-bond acceptors (Lipinski definition) is 3. The van der Waals surface area contributed by atoms with Gasteiger partial charge in [-0.25, -0.2) is 0 Å². The molecule has 0 aliphatic carbocycles. The standard InChI is InChI=1S/C17H28ClN3/c1-2-19-10-4-3-5-11-20-12-14-21(15-13-20)17-8-6-16(18)7-9-17/h6-9,19H,2-5,10-15H2,1H3. The normalized spacial score (nSPS) is 16.4. The molecule has 0 unspecified atom stereocenters. The van der Waals surface area contributed by atoms with Crippen LogP contribution in [0.25, 0.3) is 0 Å². The first-order valence-electron chi connectivity index (χ1n) is 8.23. The van der Waals surface area contributed by atoms with Gasteiger partial charge in [-0.3, -0.25) is 4.90 Å². The lowest BCUT2D eigenvalue weighted by molar-refractivity contribution is 0.252. The zero-order valence-corrected chi connectivity index (χ0v) is 13.9. The largest absolute Gasteiger partial charge is 0.369 e. The topological polar surface area (TPSA) is 18.5 Å². The van der Waals surface area contributed by atoms with E-state index in [4.69, 9.17) is 11.6 Å². The molecule has 0 bridgehead atoms. The van der Waals surface area contributed by atoms with Crippen molar-refractivity contribution in [2.45, 2.75) is 26.2 Å². The van der Waals surface area contributed by atoms with Crippen LogP contribution in [0.3, 0.4) is 0 Å². The van der Waals surface area contributed by atoms with Crippen molar-refractivity contribution in [3.8, 4) is 0 Å². The van der Waals surface area contributed by atoms with E-state index < -0.39 is 0 Å². The Balaban J connectivity index is 1.61. The van der Waals surface area contributed by atoms with Crippen molar-refractivity contribution in [1.82, 2.24) is 10.2 Å². The van der Waals surface area contributed by atoms with E-state index in [-0.39, 0.29) is 0 Å². The summed E-state index contributed by atoms with van der Waals surface area (Å²) in [4.78, 5) is 5.05. The van der Waals surface area contributed by atoms with E-state index in [1.807, 2.05) is 12.1 Å². The summed E-state index contributed by atoms with van der Waals surface area (Å²) < 4.78 is 0. The molecule has 0 saturated carbocycles. The molecule has 0 radical (unpaired) electrons. The van der Waals surface area contributed by atoms with Crippen LogP contribution >= 0.6 is 11.6 Å². The fourth-order valence-corrected chi connectivity index (χ4v) is 2.95. The van der Waals surface area contributed by atoms with Gasteiger partial charge in [-0.05, 0) is 56.7 Å². The maximum Gasteiger partial charge on any atom is 0.0407 e. The van der Waals surface area contributed by atoms with Crippen LogP contribution in [0.4, 0.5) is 5.69 Å². The number of piperazine rings is 1. The van der Waals surface area contributed by atoms with Crippen molar-refractivity contribution in [1.29, 1.82) is 0 Å². The van der Waals surface area contributed by atoms with E-state index in [0.29, 0.717) is 0 Å². The fourth-order valence-electron chi connectivity index (χ4n) is 2.82. The van der Waals surface area contributed by atoms with Gasteiger partial charge in [-0.1, -0.05) is 24.9 Å². The first-order chi connectivity index (χ1) is 10.3. The number of anilines is 1. The minimum Gasteiger partial charge on any atom is -0.369 e. The van der Waals surface area contributed by atoms with Gasteiger partial charge in [0, 0.05) is 36.9 Å². The summed E-state index contributed by atoms with van der Waals surface area (Å²) in [6, 6.07) is 8.21. The summed E-state index contributed by atoms with van der Waals surface area (Å²) in [5, 5.41) is 4.20. The van der Waals surface area contributed by atoms with Crippen LogP contribution in [0, 0.1) is 0 Å². The second-order valence-electron chi connectivity index (χ2n) is 5.72. The Kier molecular flexibility index (Phi) is 7.34. The molecule has 1 aliphatic heterocycles. The molecule has 1 N–H and O–H groups in total. The van der Waals surface area contributed by atoms with Gasteiger partial charge in [0.05, 0.1) is 0 Å². The highest BCUT2D eigenvalue weighted by Crippen LogP contribution is 2.19. The van der Waals surface area contributed by atoms with Gasteiger partial charge >= 0.3 is 0 Å². The Bertz CT molecular complexity index is 386. The van der Waals surface area contributed by atoms with Gasteiger partial charge in [0.15, 0.2) is 0 Å². The molecule has 118 valence electrons. The number of unbranched alkanes of at least 4 members (excludes halogenated alkanes) is 2. The Morgan fingerprint density at radius 3 is 2.38 bits per heavy atom. The van der Waals surface area contributed by atoms with E-state index in [1.54, 1.807) is 0 Å². The van der Waals surface area contributed by atoms with E-state index in [1.165, 1.54) is 51.1 Å². The highest BCUT2D eigenvalue weighted by Gasteiger charge is 2.16. The van der Waals surface area contributed by atoms with Crippen molar-refractivity contribution < 1.29 is 0 Å². The average molecular weight is 310 g/mol. The SMILES string of the molecule is CCNCCCCCN1CCN(c2ccc(Cl)cc2)CC1. The van der Waals surface area contributed by atoms with Gasteiger partial charge in [0.25, 0.3) is 0 Å². The molecule has 1 saturated heterocycles. The predicted molar refractivity (Wildman–Crippen MR) is 92.5 cm³/mol. The number of rotatable bonds is 8. The van der Waals surface area contributed by atoms with Crippen LogP contribution in [0.15, 0.2) is 24.3 Å². The van der Waals surface area contributed by atoms with E-state index in [2.05, 4.69) is 34.2 Å². The Morgan fingerprint density at radius 2 is 1.71 bits per heavy atom. The molecule has 1 aromatic carbocycles. The van der Waals surface area contributed by atoms with Gasteiger partial charge in [0.1, 0.15) is 0 Å². The molecule has 21 heavy (non-hydrogen) atoms. The highest BCUT2D eigenvalue weighted by molar-refractivity contribution is 6.30. The summed E-state index contributed by atoms with van der Waals surface area (Å²) in [5.41, 5.74) is 1.30. The molecular formula is C17H28ClN3. The van der Waals surface area contributed by atoms with Crippen LogP contribution in [0.2, 0.25) is 5.02 Å². The lowest BCUT2D eigenvalue weighted by atomic mass is 10.2. The number of halogens is 1. The molecule has 1 aromatic rings. The first kappa shape index (κ1) is 16.6. The molecule has 0 atom stereocenters. The van der Waals surface area contributed by atoms with Crippen molar-refractivity contribution >= 4 is 17.3 Å². The van der Waals surface area contributed by atoms with Crippen LogP contribution in [0.5, 0.6) is 0 Å². The number of nitrogens with zero attached hydrogens (tertiary/aromatic N) is 2. The Hall–Kier alpha value is -0.770. The lowest BCUT2D eigenvalue weighted by Gasteiger charge is -2.36. The molecule has 1 fully saturated rings. The number of benzene rings is 1. The number of hydrogen-bond donors (Lipinski definition) is 1. The summed E-state index contributed by atoms with van der Waals surface area (Å²) in [6.45, 7) is 10.3. The summed E-state index contributed by atoms with van der Waals surface area (Å²) in [6.07, 6.45) is 3.97. The maximum atomic E-state index is 5.95. The lowest BCUT2D eigenvalue weighted by Crippen LogP contribution is -2.46. The van der Waals surface area contributed by atoms with Crippen LogP contribution in [-0.4, -0.2) is 50.7 Å². The zero-order chi connectivity index (χ0) is 14.9. The third-order valence-corrected chi connectivity index (χ3v) is 4.39. The van der Waals surface area contributed by atoms with Crippen molar-refractivity contribution in [3.63, 3.8) is 0 Å². The monoisotopic (exact) mass is 309 g/mol. The Morgan fingerprint density at radius 1 is 1.00 bits per heavy atom. The Labute approximate surface area is 134 Å². The van der Waals surface area contributed by atoms with Gasteiger partial charge in [-0.15, -0.1) is 0 Å². The van der Waals surface area contributed by atoms with Gasteiger partial charge in [0.2, 0.25) is 0 Å². The van der Waals surface area contributed by atoms with Crippen molar-refractivity contribution in [3.05, 3.63) is 29.3 Å². The fraction of sp³-hybridized carbons (Fsp3) is 0.647. The predicted octanol–water partition coefficient (Wildman–Crippen LogP) is 3.24. The summed E-state index contributed by atoms with van der Waals surface area (Å²) >= 11 is 5.95. The summed E-state index contributed by atoms with van der Waals surface area (Å²) in [7, 11) is 0. The molecule has 4 heteroatoms.